The van der Waals surface area contributed by atoms with Gasteiger partial charge in [-0.05, 0) is 43.2 Å². The van der Waals surface area contributed by atoms with Gasteiger partial charge in [0.05, 0.1) is 0 Å². The molecule has 0 fully saturated rings. The predicted molar refractivity (Wildman–Crippen MR) is 70.9 cm³/mol. The van der Waals surface area contributed by atoms with E-state index in [1.807, 2.05) is 12.2 Å². The summed E-state index contributed by atoms with van der Waals surface area (Å²) in [5, 5.41) is 0. The fraction of sp³-hybridized carbons (Fsp3) is 0.143. The van der Waals surface area contributed by atoms with Crippen molar-refractivity contribution in [2.45, 2.75) is 13.8 Å². The number of terminal acetylenes is 1. The van der Waals surface area contributed by atoms with Crippen molar-refractivity contribution < 1.29 is 0 Å². The molecule has 76 valence electrons. The summed E-state index contributed by atoms with van der Waals surface area (Å²) >= 11 is 1.75. The molecule has 0 aliphatic carbocycles. The van der Waals surface area contributed by atoms with Crippen molar-refractivity contribution in [3.63, 3.8) is 0 Å². The molecule has 0 radical (unpaired) electrons. The lowest BCUT2D eigenvalue weighted by Crippen LogP contribution is -1.75. The fourth-order valence-electron chi connectivity index (χ4n) is 1.24. The quantitative estimate of drug-likeness (QED) is 0.522. The highest BCUT2D eigenvalue weighted by atomic mass is 32.1. The van der Waals surface area contributed by atoms with Crippen molar-refractivity contribution in [2.75, 3.05) is 0 Å². The molecular weight excluding hydrogens is 200 g/mol. The predicted octanol–water partition coefficient (Wildman–Crippen LogP) is 4.21. The number of allylic oxidation sites excluding steroid dienone is 3. The van der Waals surface area contributed by atoms with Crippen LogP contribution in [0.4, 0.5) is 0 Å². The van der Waals surface area contributed by atoms with Crippen molar-refractivity contribution in [1.29, 1.82) is 0 Å². The van der Waals surface area contributed by atoms with Crippen LogP contribution in [0.3, 0.4) is 0 Å². The topological polar surface area (TPSA) is 0 Å². The number of thiophene rings is 1. The second-order valence-corrected chi connectivity index (χ2v) is 4.26. The molecule has 0 bridgehead atoms. The van der Waals surface area contributed by atoms with Crippen molar-refractivity contribution in [3.05, 3.63) is 45.7 Å². The Labute approximate surface area is 95.7 Å². The molecule has 0 unspecified atom stereocenters. The van der Waals surface area contributed by atoms with Crippen molar-refractivity contribution in [2.24, 2.45) is 0 Å². The van der Waals surface area contributed by atoms with E-state index in [0.29, 0.717) is 0 Å². The van der Waals surface area contributed by atoms with Gasteiger partial charge >= 0.3 is 0 Å². The SMILES string of the molecule is C#CC=Cc1sc(C=CC=C)c(C)c1C. The monoisotopic (exact) mass is 214 g/mol. The smallest absolute Gasteiger partial charge is 0.0315 e. The summed E-state index contributed by atoms with van der Waals surface area (Å²) in [6.45, 7) is 7.91. The van der Waals surface area contributed by atoms with Crippen molar-refractivity contribution >= 4 is 23.5 Å². The number of hydrogen-bond acceptors (Lipinski definition) is 1. The van der Waals surface area contributed by atoms with Crippen molar-refractivity contribution in [3.8, 4) is 12.3 Å². The van der Waals surface area contributed by atoms with E-state index in [9.17, 15) is 0 Å². The van der Waals surface area contributed by atoms with Crippen LogP contribution in [0.2, 0.25) is 0 Å². The summed E-state index contributed by atoms with van der Waals surface area (Å²) in [5.41, 5.74) is 2.62. The fourth-order valence-corrected chi connectivity index (χ4v) is 2.37. The van der Waals surface area contributed by atoms with Gasteiger partial charge in [-0.25, -0.2) is 0 Å². The molecule has 0 N–H and O–H groups in total. The van der Waals surface area contributed by atoms with Gasteiger partial charge in [-0.1, -0.05) is 24.7 Å². The lowest BCUT2D eigenvalue weighted by atomic mass is 10.1. The summed E-state index contributed by atoms with van der Waals surface area (Å²) < 4.78 is 0. The molecule has 0 aliphatic heterocycles. The van der Waals surface area contributed by atoms with E-state index >= 15 is 0 Å². The molecule has 0 saturated carbocycles. The molecule has 0 saturated heterocycles. The third kappa shape index (κ3) is 2.71. The van der Waals surface area contributed by atoms with Gasteiger partial charge in [0.1, 0.15) is 0 Å². The van der Waals surface area contributed by atoms with Crippen LogP contribution in [0, 0.1) is 26.2 Å². The van der Waals surface area contributed by atoms with Crippen LogP contribution in [0.25, 0.3) is 12.2 Å². The van der Waals surface area contributed by atoms with Crippen LogP contribution in [-0.2, 0) is 0 Å². The Bertz CT molecular complexity index is 450. The minimum absolute atomic E-state index is 1.23. The molecule has 15 heavy (non-hydrogen) atoms. The van der Waals surface area contributed by atoms with Gasteiger partial charge in [-0.15, -0.1) is 17.8 Å². The van der Waals surface area contributed by atoms with Crippen LogP contribution in [0.5, 0.6) is 0 Å². The Kier molecular flexibility index (Phi) is 4.15. The lowest BCUT2D eigenvalue weighted by Gasteiger charge is -1.91. The maximum absolute atomic E-state index is 5.19. The molecule has 1 rings (SSSR count). The van der Waals surface area contributed by atoms with E-state index in [1.54, 1.807) is 23.5 Å². The molecule has 0 aliphatic rings. The molecule has 0 atom stereocenters. The third-order valence-electron chi connectivity index (χ3n) is 2.24. The Morgan fingerprint density at radius 2 is 1.80 bits per heavy atom. The average Bonchev–Trinajstić information content (AvgIpc) is 2.51. The summed E-state index contributed by atoms with van der Waals surface area (Å²) in [6, 6.07) is 0. The zero-order chi connectivity index (χ0) is 11.3. The van der Waals surface area contributed by atoms with Crippen LogP contribution in [0.1, 0.15) is 20.9 Å². The van der Waals surface area contributed by atoms with E-state index in [-0.39, 0.29) is 0 Å². The minimum atomic E-state index is 1.23. The molecule has 0 amide bonds. The van der Waals surface area contributed by atoms with Crippen LogP contribution in [0.15, 0.2) is 24.8 Å². The van der Waals surface area contributed by atoms with Gasteiger partial charge in [-0.2, -0.15) is 0 Å². The molecule has 1 heterocycles. The van der Waals surface area contributed by atoms with Crippen molar-refractivity contribution in [1.82, 2.24) is 0 Å². The minimum Gasteiger partial charge on any atom is -0.136 e. The maximum atomic E-state index is 5.19. The first-order valence-electron chi connectivity index (χ1n) is 4.72. The Morgan fingerprint density at radius 1 is 1.20 bits per heavy atom. The van der Waals surface area contributed by atoms with E-state index in [4.69, 9.17) is 6.42 Å². The lowest BCUT2D eigenvalue weighted by molar-refractivity contribution is 1.38. The van der Waals surface area contributed by atoms with E-state index < -0.39 is 0 Å². The zero-order valence-corrected chi connectivity index (χ0v) is 9.90. The highest BCUT2D eigenvalue weighted by Gasteiger charge is 2.06. The molecule has 0 aromatic carbocycles. The molecule has 0 spiro atoms. The van der Waals surface area contributed by atoms with E-state index in [1.165, 1.54) is 20.9 Å². The van der Waals surface area contributed by atoms with Gasteiger partial charge in [0.25, 0.3) is 0 Å². The van der Waals surface area contributed by atoms with Gasteiger partial charge < -0.3 is 0 Å². The van der Waals surface area contributed by atoms with Gasteiger partial charge in [0, 0.05) is 9.75 Å². The maximum Gasteiger partial charge on any atom is 0.0315 e. The molecule has 0 nitrogen and oxygen atoms in total. The molecule has 1 heteroatoms. The summed E-state index contributed by atoms with van der Waals surface area (Å²) in [7, 11) is 0. The number of hydrogen-bond donors (Lipinski definition) is 0. The van der Waals surface area contributed by atoms with Crippen LogP contribution < -0.4 is 0 Å². The third-order valence-corrected chi connectivity index (χ3v) is 3.56. The van der Waals surface area contributed by atoms with E-state index in [0.717, 1.165) is 0 Å². The Morgan fingerprint density at radius 3 is 2.33 bits per heavy atom. The first-order chi connectivity index (χ1) is 7.20. The largest absolute Gasteiger partial charge is 0.136 e. The Balaban J connectivity index is 3.13. The highest BCUT2D eigenvalue weighted by Crippen LogP contribution is 2.29. The van der Waals surface area contributed by atoms with Gasteiger partial charge in [0.15, 0.2) is 0 Å². The second kappa shape index (κ2) is 5.38. The molecule has 1 aromatic rings. The first-order valence-corrected chi connectivity index (χ1v) is 5.54. The van der Waals surface area contributed by atoms with Gasteiger partial charge in [-0.3, -0.25) is 0 Å². The summed E-state index contributed by atoms with van der Waals surface area (Å²) in [4.78, 5) is 2.50. The average molecular weight is 214 g/mol. The van der Waals surface area contributed by atoms with Crippen LogP contribution >= 0.6 is 11.3 Å². The standard InChI is InChI=1S/C14H14S/c1-5-7-9-13-11(3)12(4)14(15-13)10-8-6-2/h1,6-10H,2H2,3-4H3. The normalized spacial score (nSPS) is 11.0. The second-order valence-electron chi connectivity index (χ2n) is 3.18. The summed E-state index contributed by atoms with van der Waals surface area (Å²) in [5.74, 6) is 2.51. The first kappa shape index (κ1) is 11.6. The van der Waals surface area contributed by atoms with Crippen LogP contribution in [-0.4, -0.2) is 0 Å². The number of rotatable bonds is 3. The molecular formula is C14H14S. The zero-order valence-electron chi connectivity index (χ0n) is 9.08. The highest BCUT2D eigenvalue weighted by molar-refractivity contribution is 7.14. The van der Waals surface area contributed by atoms with Gasteiger partial charge in [0.2, 0.25) is 0 Å². The molecule has 1 aromatic heterocycles. The van der Waals surface area contributed by atoms with E-state index in [2.05, 4.69) is 32.4 Å². The summed E-state index contributed by atoms with van der Waals surface area (Å²) in [6.07, 6.45) is 14.7. The Hall–Kier alpha value is -1.52.